The number of amides is 1. The molecule has 6 heteroatoms. The van der Waals surface area contributed by atoms with Gasteiger partial charge in [-0.1, -0.05) is 35.9 Å². The number of morpholine rings is 1. The number of carbonyl (C=O) groups is 1. The Morgan fingerprint density at radius 3 is 2.74 bits per heavy atom. The lowest BCUT2D eigenvalue weighted by Gasteiger charge is -2.30. The number of fused-ring (bicyclic) bond motifs is 1. The summed E-state index contributed by atoms with van der Waals surface area (Å²) in [6.45, 7) is 3.53. The minimum absolute atomic E-state index is 0.0235. The van der Waals surface area contributed by atoms with Crippen LogP contribution in [-0.4, -0.2) is 50.9 Å². The van der Waals surface area contributed by atoms with Gasteiger partial charge in [0.25, 0.3) is 5.91 Å². The Balaban J connectivity index is 1.73. The molecule has 5 nitrogen and oxygen atoms in total. The maximum absolute atomic E-state index is 13.3. The van der Waals surface area contributed by atoms with Crippen LogP contribution in [0.15, 0.2) is 42.5 Å². The Labute approximate surface area is 163 Å². The first-order valence-corrected chi connectivity index (χ1v) is 9.32. The van der Waals surface area contributed by atoms with Crippen LogP contribution < -0.4 is 9.64 Å². The van der Waals surface area contributed by atoms with Crippen molar-refractivity contribution in [3.63, 3.8) is 0 Å². The highest BCUT2D eigenvalue weighted by Crippen LogP contribution is 2.40. The summed E-state index contributed by atoms with van der Waals surface area (Å²) < 4.78 is 10.8. The molecule has 0 unspecified atom stereocenters. The zero-order chi connectivity index (χ0) is 18.8. The van der Waals surface area contributed by atoms with E-state index >= 15 is 0 Å². The third kappa shape index (κ3) is 3.58. The lowest BCUT2D eigenvalue weighted by atomic mass is 10.0. The van der Waals surface area contributed by atoms with Crippen molar-refractivity contribution in [2.24, 2.45) is 0 Å². The summed E-state index contributed by atoms with van der Waals surface area (Å²) in [4.78, 5) is 17.3. The molecule has 4 rings (SSSR count). The fraction of sp³-hybridized carbons (Fsp3) is 0.286. The van der Waals surface area contributed by atoms with Gasteiger partial charge in [-0.2, -0.15) is 0 Å². The maximum Gasteiger partial charge on any atom is 0.260 e. The van der Waals surface area contributed by atoms with Gasteiger partial charge in [0.1, 0.15) is 5.75 Å². The van der Waals surface area contributed by atoms with E-state index in [1.807, 2.05) is 48.5 Å². The van der Waals surface area contributed by atoms with Crippen LogP contribution in [0.2, 0.25) is 5.02 Å². The average Bonchev–Trinajstić information content (AvgIpc) is 2.94. The quantitative estimate of drug-likeness (QED) is 0.756. The molecular weight excluding hydrogens is 364 g/mol. The summed E-state index contributed by atoms with van der Waals surface area (Å²) in [7, 11) is 1.63. The van der Waals surface area contributed by atoms with Crippen molar-refractivity contribution in [2.75, 3.05) is 45.0 Å². The molecule has 2 aliphatic rings. The van der Waals surface area contributed by atoms with Crippen molar-refractivity contribution in [3.8, 4) is 5.75 Å². The van der Waals surface area contributed by atoms with Gasteiger partial charge in [-0.25, -0.2) is 0 Å². The number of hydrogen-bond acceptors (Lipinski definition) is 4. The van der Waals surface area contributed by atoms with E-state index in [1.54, 1.807) is 12.0 Å². The van der Waals surface area contributed by atoms with Crippen LogP contribution in [0.25, 0.3) is 11.6 Å². The van der Waals surface area contributed by atoms with Crippen LogP contribution in [0.5, 0.6) is 5.75 Å². The summed E-state index contributed by atoms with van der Waals surface area (Å²) in [6.07, 6.45) is 1.90. The van der Waals surface area contributed by atoms with Gasteiger partial charge in [0, 0.05) is 34.8 Å². The molecule has 0 saturated carbocycles. The number of anilines is 1. The standard InChI is InChI=1S/C21H21ClN2O3/c1-26-20-5-3-2-4-15(20)12-18-17-7-6-16(22)13-19(17)24(21(18)25)14-23-8-10-27-11-9-23/h2-7,12-13H,8-11,14H2,1H3/b18-12-. The smallest absolute Gasteiger partial charge is 0.260 e. The highest BCUT2D eigenvalue weighted by molar-refractivity contribution is 6.37. The Bertz CT molecular complexity index is 891. The molecule has 140 valence electrons. The molecule has 0 radical (unpaired) electrons. The number of nitrogens with zero attached hydrogens (tertiary/aromatic N) is 2. The predicted octanol–water partition coefficient (Wildman–Crippen LogP) is 3.53. The van der Waals surface area contributed by atoms with Gasteiger partial charge in [-0.05, 0) is 24.3 Å². The van der Waals surface area contributed by atoms with Crippen molar-refractivity contribution in [1.29, 1.82) is 0 Å². The van der Waals surface area contributed by atoms with Crippen LogP contribution >= 0.6 is 11.6 Å². The Hall–Kier alpha value is -2.34. The number of para-hydroxylation sites is 1. The Morgan fingerprint density at radius 1 is 1.19 bits per heavy atom. The molecule has 2 aromatic carbocycles. The summed E-state index contributed by atoms with van der Waals surface area (Å²) >= 11 is 6.22. The third-order valence-electron chi connectivity index (χ3n) is 4.90. The van der Waals surface area contributed by atoms with Crippen molar-refractivity contribution in [1.82, 2.24) is 4.90 Å². The van der Waals surface area contributed by atoms with E-state index in [0.29, 0.717) is 30.5 Å². The van der Waals surface area contributed by atoms with Crippen LogP contribution in [0, 0.1) is 0 Å². The lowest BCUT2D eigenvalue weighted by molar-refractivity contribution is -0.113. The van der Waals surface area contributed by atoms with Gasteiger partial charge in [0.05, 0.1) is 32.7 Å². The van der Waals surface area contributed by atoms with Crippen molar-refractivity contribution in [2.45, 2.75) is 0 Å². The van der Waals surface area contributed by atoms with E-state index in [9.17, 15) is 4.79 Å². The monoisotopic (exact) mass is 384 g/mol. The second kappa shape index (κ2) is 7.72. The molecule has 0 aromatic heterocycles. The summed E-state index contributed by atoms with van der Waals surface area (Å²) in [6, 6.07) is 13.3. The van der Waals surface area contributed by atoms with E-state index in [4.69, 9.17) is 21.1 Å². The number of carbonyl (C=O) groups excluding carboxylic acids is 1. The maximum atomic E-state index is 13.3. The molecule has 2 aromatic rings. The molecule has 0 N–H and O–H groups in total. The third-order valence-corrected chi connectivity index (χ3v) is 5.14. The second-order valence-electron chi connectivity index (χ2n) is 6.57. The van der Waals surface area contributed by atoms with Gasteiger partial charge in [0.15, 0.2) is 0 Å². The molecule has 0 spiro atoms. The van der Waals surface area contributed by atoms with Gasteiger partial charge >= 0.3 is 0 Å². The minimum atomic E-state index is -0.0235. The van der Waals surface area contributed by atoms with Crippen molar-refractivity contribution < 1.29 is 14.3 Å². The Kier molecular flexibility index (Phi) is 5.16. The normalized spacial score (nSPS) is 18.8. The molecule has 0 atom stereocenters. The van der Waals surface area contributed by atoms with Gasteiger partial charge in [-0.3, -0.25) is 14.6 Å². The first-order valence-electron chi connectivity index (χ1n) is 8.94. The van der Waals surface area contributed by atoms with E-state index in [2.05, 4.69) is 4.90 Å². The highest BCUT2D eigenvalue weighted by atomic mass is 35.5. The fourth-order valence-corrected chi connectivity index (χ4v) is 3.66. The van der Waals surface area contributed by atoms with E-state index in [0.717, 1.165) is 35.7 Å². The lowest BCUT2D eigenvalue weighted by Crippen LogP contribution is -2.45. The zero-order valence-corrected chi connectivity index (χ0v) is 15.9. The fourth-order valence-electron chi connectivity index (χ4n) is 3.49. The van der Waals surface area contributed by atoms with Crippen molar-refractivity contribution >= 4 is 34.8 Å². The van der Waals surface area contributed by atoms with E-state index < -0.39 is 0 Å². The minimum Gasteiger partial charge on any atom is -0.496 e. The molecule has 1 amide bonds. The van der Waals surface area contributed by atoms with Gasteiger partial charge in [0.2, 0.25) is 0 Å². The van der Waals surface area contributed by atoms with Gasteiger partial charge < -0.3 is 9.47 Å². The first-order chi connectivity index (χ1) is 13.2. The largest absolute Gasteiger partial charge is 0.496 e. The molecule has 2 aliphatic heterocycles. The molecule has 0 aliphatic carbocycles. The number of methoxy groups -OCH3 is 1. The molecule has 2 heterocycles. The molecular formula is C21H21ClN2O3. The van der Waals surface area contributed by atoms with Crippen LogP contribution in [0.4, 0.5) is 5.69 Å². The SMILES string of the molecule is COc1ccccc1/C=C1\C(=O)N(CN2CCOCC2)c2cc(Cl)ccc21. The number of halogens is 1. The number of benzene rings is 2. The zero-order valence-electron chi connectivity index (χ0n) is 15.2. The van der Waals surface area contributed by atoms with E-state index in [1.165, 1.54) is 0 Å². The second-order valence-corrected chi connectivity index (χ2v) is 7.00. The number of hydrogen-bond donors (Lipinski definition) is 0. The number of ether oxygens (including phenoxy) is 2. The topological polar surface area (TPSA) is 42.0 Å². The molecule has 27 heavy (non-hydrogen) atoms. The van der Waals surface area contributed by atoms with Crippen molar-refractivity contribution in [3.05, 3.63) is 58.6 Å². The van der Waals surface area contributed by atoms with E-state index in [-0.39, 0.29) is 5.91 Å². The molecule has 1 saturated heterocycles. The summed E-state index contributed by atoms with van der Waals surface area (Å²) in [5.74, 6) is 0.713. The predicted molar refractivity (Wildman–Crippen MR) is 107 cm³/mol. The summed E-state index contributed by atoms with van der Waals surface area (Å²) in [5.41, 5.74) is 3.26. The summed E-state index contributed by atoms with van der Waals surface area (Å²) in [5, 5.41) is 0.618. The highest BCUT2D eigenvalue weighted by Gasteiger charge is 2.34. The Morgan fingerprint density at radius 2 is 1.96 bits per heavy atom. The van der Waals surface area contributed by atoms with Crippen LogP contribution in [0.1, 0.15) is 11.1 Å². The molecule has 0 bridgehead atoms. The number of rotatable bonds is 4. The first kappa shape index (κ1) is 18.0. The van der Waals surface area contributed by atoms with Gasteiger partial charge in [-0.15, -0.1) is 0 Å². The molecule has 1 fully saturated rings. The van der Waals surface area contributed by atoms with Crippen LogP contribution in [-0.2, 0) is 9.53 Å². The van der Waals surface area contributed by atoms with Crippen LogP contribution in [0.3, 0.4) is 0 Å². The average molecular weight is 385 g/mol.